The average molecular weight is 711 g/mol. The Hall–Kier alpha value is -2.20. The number of allylic oxidation sites excluding steroid dienone is 1. The van der Waals surface area contributed by atoms with E-state index >= 15 is 0 Å². The molecule has 1 N–H and O–H groups in total. The van der Waals surface area contributed by atoms with Gasteiger partial charge in [0.2, 0.25) is 0 Å². The average Bonchev–Trinajstić information content (AvgIpc) is 3.45. The van der Waals surface area contributed by atoms with Gasteiger partial charge in [-0.2, -0.15) is 0 Å². The molecule has 5 heteroatoms. The molecule has 0 aromatic heterocycles. The predicted molar refractivity (Wildman–Crippen MR) is 212 cm³/mol. The predicted octanol–water partition coefficient (Wildman–Crippen LogP) is 9.44. The Balaban J connectivity index is 1.15. The van der Waals surface area contributed by atoms with E-state index < -0.39 is 20.0 Å². The fourth-order valence-corrected chi connectivity index (χ4v) is 15.9. The molecule has 0 spiro atoms. The largest absolute Gasteiger partial charge is 0.404 e. The molecule has 9 atom stereocenters. The summed E-state index contributed by atoms with van der Waals surface area (Å²) in [6.07, 6.45) is 12.0. The first-order valence-corrected chi connectivity index (χ1v) is 22.0. The lowest BCUT2D eigenvalue weighted by molar-refractivity contribution is -0.169. The summed E-state index contributed by atoms with van der Waals surface area (Å²) in [6.45, 7) is 20.7. The molecule has 51 heavy (non-hydrogen) atoms. The van der Waals surface area contributed by atoms with Crippen LogP contribution in [0.5, 0.6) is 0 Å². The van der Waals surface area contributed by atoms with Crippen molar-refractivity contribution >= 4 is 18.7 Å². The van der Waals surface area contributed by atoms with Gasteiger partial charge in [0.15, 0.2) is 6.29 Å². The van der Waals surface area contributed by atoms with Gasteiger partial charge >= 0.3 is 0 Å². The number of ether oxygens (including phenoxy) is 2. The topological polar surface area (TPSA) is 47.9 Å². The van der Waals surface area contributed by atoms with Crippen LogP contribution in [-0.4, -0.2) is 44.1 Å². The summed E-state index contributed by atoms with van der Waals surface area (Å²) in [5.41, 5.74) is 1.24. The van der Waals surface area contributed by atoms with Gasteiger partial charge in [0, 0.05) is 24.5 Å². The summed E-state index contributed by atoms with van der Waals surface area (Å²) in [7, 11) is -2.63. The van der Waals surface area contributed by atoms with E-state index in [-0.39, 0.29) is 28.3 Å². The molecule has 2 aromatic carbocycles. The minimum Gasteiger partial charge on any atom is -0.404 e. The highest BCUT2D eigenvalue weighted by molar-refractivity contribution is 6.99. The number of aliphatic hydroxyl groups excluding tert-OH is 1. The van der Waals surface area contributed by atoms with Gasteiger partial charge in [0.05, 0.1) is 6.10 Å². The monoisotopic (exact) mass is 710 g/mol. The standard InChI is InChI=1S/C46H66O4Si/c1-10-48-34(3)49-44(7,8)27-17-19-33(2)40-25-26-41-35(20-18-28-45(40,41)9)29-42(47)46-31-36(46)30-37(32-46)50-51(43(4,5)6,38-21-13-11-14-22-38)39-23-15-12-16-24-39/h11-16,21-24,29,33-34,36-37,40-42,47H,10,18-20,25-26,28,30-32H2,1-9H3/b35-29+/t33-,34?,36-,37-,40-,41-,42?,45-,46+/m1/s1. The van der Waals surface area contributed by atoms with E-state index in [0.717, 1.165) is 32.1 Å². The molecule has 2 aromatic rings. The number of aliphatic hydroxyl groups is 1. The minimum atomic E-state index is -2.63. The Bertz CT molecular complexity index is 1530. The summed E-state index contributed by atoms with van der Waals surface area (Å²) in [6, 6.07) is 22.0. The van der Waals surface area contributed by atoms with Gasteiger partial charge in [0.1, 0.15) is 5.60 Å². The maximum Gasteiger partial charge on any atom is 0.261 e. The molecule has 0 bridgehead atoms. The van der Waals surface area contributed by atoms with E-state index in [2.05, 4.69) is 113 Å². The normalized spacial score (nSPS) is 31.7. The zero-order valence-electron chi connectivity index (χ0n) is 33.1. The highest BCUT2D eigenvalue weighted by Gasteiger charge is 2.65. The van der Waals surface area contributed by atoms with Gasteiger partial charge in [-0.15, -0.1) is 0 Å². The van der Waals surface area contributed by atoms with Crippen molar-refractivity contribution in [2.24, 2.45) is 34.5 Å². The second-order valence-corrected chi connectivity index (χ2v) is 22.6. The minimum absolute atomic E-state index is 0.0354. The van der Waals surface area contributed by atoms with E-state index in [1.54, 1.807) is 0 Å². The highest BCUT2D eigenvalue weighted by atomic mass is 28.4. The van der Waals surface area contributed by atoms with Crippen LogP contribution in [0, 0.1) is 46.3 Å². The second-order valence-electron chi connectivity index (χ2n) is 18.4. The number of fused-ring (bicyclic) bond motifs is 2. The molecule has 0 saturated heterocycles. The van der Waals surface area contributed by atoms with Crippen LogP contribution >= 0.6 is 0 Å². The molecule has 4 saturated carbocycles. The van der Waals surface area contributed by atoms with Crippen molar-refractivity contribution in [1.29, 1.82) is 0 Å². The van der Waals surface area contributed by atoms with Gasteiger partial charge < -0.3 is 19.0 Å². The lowest BCUT2D eigenvalue weighted by atomic mass is 9.60. The first-order chi connectivity index (χ1) is 24.1. The fourth-order valence-electron chi connectivity index (χ4n) is 11.2. The molecule has 4 fully saturated rings. The molecule has 4 nitrogen and oxygen atoms in total. The van der Waals surface area contributed by atoms with Crippen LogP contribution in [-0.2, 0) is 13.9 Å². The van der Waals surface area contributed by atoms with Gasteiger partial charge in [-0.1, -0.05) is 119 Å². The van der Waals surface area contributed by atoms with Crippen molar-refractivity contribution in [3.05, 3.63) is 72.3 Å². The van der Waals surface area contributed by atoms with E-state index in [1.807, 2.05) is 27.7 Å². The Morgan fingerprint density at radius 2 is 1.61 bits per heavy atom. The van der Waals surface area contributed by atoms with Crippen LogP contribution in [0.3, 0.4) is 0 Å². The Morgan fingerprint density at radius 3 is 2.22 bits per heavy atom. The first-order valence-electron chi connectivity index (χ1n) is 20.1. The molecule has 0 radical (unpaired) electrons. The van der Waals surface area contributed by atoms with Crippen LogP contribution in [0.25, 0.3) is 0 Å². The lowest BCUT2D eigenvalue weighted by Gasteiger charge is -2.45. The molecule has 278 valence electrons. The van der Waals surface area contributed by atoms with Gasteiger partial charge in [-0.3, -0.25) is 0 Å². The van der Waals surface area contributed by atoms with E-state index in [9.17, 15) is 5.11 Å². The SMILES string of the molecule is CCOC(C)OC(C)(C)C#CC[C@@H](C)[C@H]1CC[C@@H]2/C(=C/C(O)[C@@]34C[C@H](O[Si](c5ccccc5)(c5ccccc5)C(C)(C)C)C[C@@H]3C4)CCC[C@@]21C. The Labute approximate surface area is 311 Å². The Morgan fingerprint density at radius 1 is 0.961 bits per heavy atom. The summed E-state index contributed by atoms with van der Waals surface area (Å²) >= 11 is 0. The molecule has 4 aliphatic rings. The van der Waals surface area contributed by atoms with Crippen LogP contribution in [0.15, 0.2) is 72.3 Å². The number of hydrogen-bond donors (Lipinski definition) is 1. The van der Waals surface area contributed by atoms with Crippen LogP contribution in [0.2, 0.25) is 5.04 Å². The smallest absolute Gasteiger partial charge is 0.261 e. The summed E-state index contributed by atoms with van der Waals surface area (Å²) in [5.74, 6) is 9.19. The third-order valence-electron chi connectivity index (χ3n) is 13.6. The van der Waals surface area contributed by atoms with Crippen LogP contribution in [0.4, 0.5) is 0 Å². The highest BCUT2D eigenvalue weighted by Crippen LogP contribution is 2.67. The van der Waals surface area contributed by atoms with Gasteiger partial charge in [0.25, 0.3) is 8.32 Å². The Kier molecular flexibility index (Phi) is 11.3. The zero-order chi connectivity index (χ0) is 36.7. The van der Waals surface area contributed by atoms with Crippen molar-refractivity contribution in [2.45, 2.75) is 149 Å². The van der Waals surface area contributed by atoms with E-state index in [1.165, 1.54) is 41.6 Å². The van der Waals surface area contributed by atoms with Crippen molar-refractivity contribution in [3.63, 3.8) is 0 Å². The molecule has 0 heterocycles. The summed E-state index contributed by atoms with van der Waals surface area (Å²) in [5, 5.41) is 14.8. The molecule has 4 aliphatic carbocycles. The zero-order valence-corrected chi connectivity index (χ0v) is 34.1. The number of benzene rings is 2. The molecule has 6 rings (SSSR count). The van der Waals surface area contributed by atoms with Crippen molar-refractivity contribution < 1.29 is 19.0 Å². The van der Waals surface area contributed by atoms with Gasteiger partial charge in [-0.25, -0.2) is 0 Å². The number of rotatable bonds is 12. The lowest BCUT2D eigenvalue weighted by Crippen LogP contribution is -2.67. The number of hydrogen-bond acceptors (Lipinski definition) is 4. The third-order valence-corrected chi connectivity index (χ3v) is 18.6. The summed E-state index contributed by atoms with van der Waals surface area (Å²) < 4.78 is 19.2. The van der Waals surface area contributed by atoms with Crippen molar-refractivity contribution in [1.82, 2.24) is 0 Å². The third kappa shape index (κ3) is 7.61. The quantitative estimate of drug-likeness (QED) is 0.103. The van der Waals surface area contributed by atoms with Crippen LogP contribution in [0.1, 0.15) is 120 Å². The van der Waals surface area contributed by atoms with Crippen LogP contribution < -0.4 is 10.4 Å². The maximum atomic E-state index is 12.1. The van der Waals surface area contributed by atoms with Crippen molar-refractivity contribution in [3.8, 4) is 11.8 Å². The van der Waals surface area contributed by atoms with E-state index in [0.29, 0.717) is 30.3 Å². The van der Waals surface area contributed by atoms with E-state index in [4.69, 9.17) is 13.9 Å². The molecular formula is C46H66O4Si. The summed E-state index contributed by atoms with van der Waals surface area (Å²) in [4.78, 5) is 0. The van der Waals surface area contributed by atoms with Gasteiger partial charge in [-0.05, 0) is 124 Å². The molecule has 0 amide bonds. The maximum absolute atomic E-state index is 12.1. The first kappa shape index (κ1) is 38.5. The van der Waals surface area contributed by atoms with Crippen molar-refractivity contribution in [2.75, 3.05) is 6.61 Å². The fraction of sp³-hybridized carbons (Fsp3) is 0.652. The second kappa shape index (κ2) is 14.9. The molecular weight excluding hydrogens is 645 g/mol. The molecule has 0 aliphatic heterocycles. The molecule has 2 unspecified atom stereocenters.